The number of hydrogen-bond donors (Lipinski definition) is 0. The van der Waals surface area contributed by atoms with E-state index >= 15 is 0 Å². The van der Waals surface area contributed by atoms with Gasteiger partial charge >= 0.3 is 0 Å². The molecule has 1 aliphatic rings. The molecule has 0 N–H and O–H groups in total. The van der Waals surface area contributed by atoms with Crippen molar-refractivity contribution in [2.45, 2.75) is 45.6 Å². The van der Waals surface area contributed by atoms with Gasteiger partial charge < -0.3 is 4.90 Å². The summed E-state index contributed by atoms with van der Waals surface area (Å²) in [7, 11) is 0. The van der Waals surface area contributed by atoms with Crippen molar-refractivity contribution < 1.29 is 4.79 Å². The molecule has 140 valence electrons. The minimum absolute atomic E-state index is 0.113. The lowest BCUT2D eigenvalue weighted by molar-refractivity contribution is -0.130. The van der Waals surface area contributed by atoms with E-state index in [9.17, 15) is 4.79 Å². The molecule has 0 saturated carbocycles. The molecule has 0 bridgehead atoms. The molecule has 1 aromatic heterocycles. The first-order chi connectivity index (χ1) is 12.4. The Hall–Kier alpha value is -1.72. The summed E-state index contributed by atoms with van der Waals surface area (Å²) in [6, 6.07) is 10.0. The van der Waals surface area contributed by atoms with E-state index in [2.05, 4.69) is 31.1 Å². The van der Waals surface area contributed by atoms with Crippen molar-refractivity contribution in [1.82, 2.24) is 14.8 Å². The van der Waals surface area contributed by atoms with Crippen LogP contribution in [-0.2, 0) is 23.2 Å². The molecule has 1 saturated heterocycles. The molecule has 1 aromatic carbocycles. The molecule has 2 aromatic rings. The van der Waals surface area contributed by atoms with Crippen molar-refractivity contribution in [1.29, 1.82) is 0 Å². The fourth-order valence-electron chi connectivity index (χ4n) is 3.21. The Bertz CT molecular complexity index is 720. The van der Waals surface area contributed by atoms with E-state index in [1.807, 2.05) is 35.2 Å². The van der Waals surface area contributed by atoms with Gasteiger partial charge in [-0.3, -0.25) is 9.69 Å². The molecule has 3 rings (SSSR count). The molecule has 1 fully saturated rings. The van der Waals surface area contributed by atoms with Crippen LogP contribution in [0.2, 0.25) is 0 Å². The lowest BCUT2D eigenvalue weighted by atomic mass is 9.98. The van der Waals surface area contributed by atoms with Gasteiger partial charge in [0.15, 0.2) is 0 Å². The van der Waals surface area contributed by atoms with Crippen molar-refractivity contribution in [2.75, 3.05) is 26.2 Å². The van der Waals surface area contributed by atoms with E-state index in [4.69, 9.17) is 4.98 Å². The Morgan fingerprint density at radius 1 is 1.12 bits per heavy atom. The first kappa shape index (κ1) is 19.1. The largest absolute Gasteiger partial charge is 0.341 e. The average Bonchev–Trinajstić information content (AvgIpc) is 2.95. The van der Waals surface area contributed by atoms with Crippen LogP contribution in [0.1, 0.15) is 43.5 Å². The predicted octanol–water partition coefficient (Wildman–Crippen LogP) is 3.72. The molecule has 0 atom stereocenters. The van der Waals surface area contributed by atoms with E-state index in [1.165, 1.54) is 5.01 Å². The SMILES string of the molecule is CC(C)(C)c1nc(CN2CCCN(C(=O)Cc3ccccc3)CC2)cs1. The fraction of sp³-hybridized carbons (Fsp3) is 0.524. The number of thiazole rings is 1. The second-order valence-electron chi connectivity index (χ2n) is 8.07. The van der Waals surface area contributed by atoms with Crippen LogP contribution >= 0.6 is 11.3 Å². The van der Waals surface area contributed by atoms with Gasteiger partial charge in [-0.2, -0.15) is 0 Å². The van der Waals surface area contributed by atoms with Crippen LogP contribution in [0.4, 0.5) is 0 Å². The van der Waals surface area contributed by atoms with E-state index < -0.39 is 0 Å². The van der Waals surface area contributed by atoms with Crippen molar-refractivity contribution >= 4 is 17.2 Å². The maximum Gasteiger partial charge on any atom is 0.227 e. The first-order valence-electron chi connectivity index (χ1n) is 9.41. The molecule has 1 amide bonds. The molecule has 4 nitrogen and oxygen atoms in total. The Morgan fingerprint density at radius 2 is 1.88 bits per heavy atom. The highest BCUT2D eigenvalue weighted by Gasteiger charge is 2.21. The zero-order chi connectivity index (χ0) is 18.6. The molecular formula is C21H29N3OS. The molecule has 0 aliphatic carbocycles. The number of carbonyl (C=O) groups is 1. The number of aromatic nitrogens is 1. The number of carbonyl (C=O) groups excluding carboxylic acids is 1. The van der Waals surface area contributed by atoms with Gasteiger partial charge in [-0.25, -0.2) is 4.98 Å². The summed E-state index contributed by atoms with van der Waals surface area (Å²) in [4.78, 5) is 21.9. The Morgan fingerprint density at radius 3 is 2.58 bits per heavy atom. The Labute approximate surface area is 160 Å². The number of benzene rings is 1. The summed E-state index contributed by atoms with van der Waals surface area (Å²) in [5.74, 6) is 0.238. The third-order valence-electron chi connectivity index (χ3n) is 4.72. The van der Waals surface area contributed by atoms with Gasteiger partial charge in [0, 0.05) is 43.5 Å². The van der Waals surface area contributed by atoms with Crippen molar-refractivity contribution in [3.05, 3.63) is 52.0 Å². The van der Waals surface area contributed by atoms with Crippen LogP contribution in [0.15, 0.2) is 35.7 Å². The quantitative estimate of drug-likeness (QED) is 0.822. The highest BCUT2D eigenvalue weighted by atomic mass is 32.1. The summed E-state index contributed by atoms with van der Waals surface area (Å²) in [6.07, 6.45) is 1.53. The van der Waals surface area contributed by atoms with Gasteiger partial charge in [0.2, 0.25) is 5.91 Å². The van der Waals surface area contributed by atoms with Crippen LogP contribution in [0, 0.1) is 0 Å². The zero-order valence-corrected chi connectivity index (χ0v) is 16.9. The Balaban J connectivity index is 1.53. The fourth-order valence-corrected chi connectivity index (χ4v) is 4.11. The third-order valence-corrected chi connectivity index (χ3v) is 6.04. The van der Waals surface area contributed by atoms with Crippen molar-refractivity contribution in [3.63, 3.8) is 0 Å². The second-order valence-corrected chi connectivity index (χ2v) is 8.92. The van der Waals surface area contributed by atoms with E-state index in [1.54, 1.807) is 11.3 Å². The van der Waals surface area contributed by atoms with Crippen LogP contribution < -0.4 is 0 Å². The lowest BCUT2D eigenvalue weighted by Crippen LogP contribution is -2.36. The number of amides is 1. The molecule has 5 heteroatoms. The number of nitrogens with zero attached hydrogens (tertiary/aromatic N) is 3. The standard InChI is InChI=1S/C21H29N3OS/c1-21(2,3)20-22-18(16-26-20)15-23-10-7-11-24(13-12-23)19(25)14-17-8-5-4-6-9-17/h4-6,8-9,16H,7,10-15H2,1-3H3. The maximum absolute atomic E-state index is 12.6. The number of hydrogen-bond acceptors (Lipinski definition) is 4. The summed E-state index contributed by atoms with van der Waals surface area (Å²) >= 11 is 1.75. The molecular weight excluding hydrogens is 342 g/mol. The van der Waals surface area contributed by atoms with Crippen LogP contribution in [0.5, 0.6) is 0 Å². The van der Waals surface area contributed by atoms with Crippen LogP contribution in [-0.4, -0.2) is 46.9 Å². The minimum Gasteiger partial charge on any atom is -0.341 e. The predicted molar refractivity (Wildman–Crippen MR) is 107 cm³/mol. The molecule has 26 heavy (non-hydrogen) atoms. The minimum atomic E-state index is 0.113. The smallest absolute Gasteiger partial charge is 0.227 e. The van der Waals surface area contributed by atoms with E-state index in [0.717, 1.165) is 50.4 Å². The van der Waals surface area contributed by atoms with Gasteiger partial charge in [-0.05, 0) is 12.0 Å². The maximum atomic E-state index is 12.6. The molecule has 0 radical (unpaired) electrons. The van der Waals surface area contributed by atoms with Gasteiger partial charge in [0.25, 0.3) is 0 Å². The molecule has 1 aliphatic heterocycles. The summed E-state index contributed by atoms with van der Waals surface area (Å²) in [6.45, 7) is 11.1. The lowest BCUT2D eigenvalue weighted by Gasteiger charge is -2.21. The van der Waals surface area contributed by atoms with E-state index in [0.29, 0.717) is 6.42 Å². The monoisotopic (exact) mass is 371 g/mol. The average molecular weight is 372 g/mol. The van der Waals surface area contributed by atoms with Gasteiger partial charge in [-0.15, -0.1) is 11.3 Å². The first-order valence-corrected chi connectivity index (χ1v) is 10.3. The number of rotatable bonds is 4. The van der Waals surface area contributed by atoms with Gasteiger partial charge in [0.1, 0.15) is 0 Å². The second kappa shape index (κ2) is 8.31. The summed E-state index contributed by atoms with van der Waals surface area (Å²) in [5.41, 5.74) is 2.36. The van der Waals surface area contributed by atoms with Crippen molar-refractivity contribution in [2.24, 2.45) is 0 Å². The van der Waals surface area contributed by atoms with E-state index in [-0.39, 0.29) is 11.3 Å². The highest BCUT2D eigenvalue weighted by molar-refractivity contribution is 7.09. The summed E-state index contributed by atoms with van der Waals surface area (Å²) in [5, 5.41) is 3.38. The molecule has 0 unspecified atom stereocenters. The van der Waals surface area contributed by atoms with Crippen LogP contribution in [0.25, 0.3) is 0 Å². The van der Waals surface area contributed by atoms with Gasteiger partial charge in [0.05, 0.1) is 17.1 Å². The molecule has 2 heterocycles. The molecule has 0 spiro atoms. The van der Waals surface area contributed by atoms with Crippen LogP contribution in [0.3, 0.4) is 0 Å². The normalized spacial score (nSPS) is 16.5. The zero-order valence-electron chi connectivity index (χ0n) is 16.1. The third kappa shape index (κ3) is 5.15. The summed E-state index contributed by atoms with van der Waals surface area (Å²) < 4.78 is 0. The topological polar surface area (TPSA) is 36.4 Å². The highest BCUT2D eigenvalue weighted by Crippen LogP contribution is 2.26. The Kier molecular flexibility index (Phi) is 6.09. The van der Waals surface area contributed by atoms with Crippen molar-refractivity contribution in [3.8, 4) is 0 Å². The van der Waals surface area contributed by atoms with Gasteiger partial charge in [-0.1, -0.05) is 51.1 Å².